The molecule has 0 saturated carbocycles. The van der Waals surface area contributed by atoms with E-state index in [1.54, 1.807) is 6.07 Å². The van der Waals surface area contributed by atoms with E-state index in [1.165, 1.54) is 10.2 Å². The molecule has 0 amide bonds. The van der Waals surface area contributed by atoms with Gasteiger partial charge in [-0.2, -0.15) is 5.10 Å². The van der Waals surface area contributed by atoms with Gasteiger partial charge >= 0.3 is 5.97 Å². The molecule has 0 fully saturated rings. The highest BCUT2D eigenvalue weighted by Gasteiger charge is 2.16. The smallest absolute Gasteiger partial charge is 0.354 e. The van der Waals surface area contributed by atoms with Crippen LogP contribution in [-0.2, 0) is 6.42 Å². The summed E-state index contributed by atoms with van der Waals surface area (Å²) in [5, 5.41) is 14.0. The van der Waals surface area contributed by atoms with Crippen LogP contribution in [0.5, 0.6) is 0 Å². The van der Waals surface area contributed by atoms with E-state index in [0.717, 1.165) is 16.5 Å². The van der Waals surface area contributed by atoms with Crippen molar-refractivity contribution in [2.24, 2.45) is 5.92 Å². The number of carbonyl (C=O) groups is 1. The Morgan fingerprint density at radius 2 is 1.76 bits per heavy atom. The summed E-state index contributed by atoms with van der Waals surface area (Å²) in [6.45, 7) is 4.37. The zero-order valence-electron chi connectivity index (χ0n) is 14.1. The van der Waals surface area contributed by atoms with Crippen molar-refractivity contribution in [1.82, 2.24) is 9.78 Å². The van der Waals surface area contributed by atoms with Gasteiger partial charge in [0.1, 0.15) is 0 Å². The lowest BCUT2D eigenvalue weighted by atomic mass is 10.0. The maximum atomic E-state index is 11.6. The SMILES string of the molecule is CC(C)Cc1ccc(-c2cc(C(=O)O)n(-c3ccc(Br)cc3)n2)cc1. The Kier molecular flexibility index (Phi) is 5.04. The molecule has 4 nitrogen and oxygen atoms in total. The third-order valence-electron chi connectivity index (χ3n) is 3.89. The van der Waals surface area contributed by atoms with Crippen LogP contribution in [0, 0.1) is 5.92 Å². The average Bonchev–Trinajstić information content (AvgIpc) is 3.01. The van der Waals surface area contributed by atoms with Crippen LogP contribution in [0.1, 0.15) is 29.9 Å². The number of halogens is 1. The molecule has 1 N–H and O–H groups in total. The molecule has 0 bridgehead atoms. The molecule has 128 valence electrons. The lowest BCUT2D eigenvalue weighted by Gasteiger charge is -2.06. The van der Waals surface area contributed by atoms with Gasteiger partial charge in [-0.05, 0) is 48.2 Å². The monoisotopic (exact) mass is 398 g/mol. The summed E-state index contributed by atoms with van der Waals surface area (Å²) in [5.74, 6) is -0.404. The van der Waals surface area contributed by atoms with Gasteiger partial charge in [0.05, 0.1) is 11.4 Å². The molecule has 0 aliphatic rings. The predicted octanol–water partition coefficient (Wildman–Crippen LogP) is 5.20. The van der Waals surface area contributed by atoms with Crippen molar-refractivity contribution in [3.63, 3.8) is 0 Å². The summed E-state index contributed by atoms with van der Waals surface area (Å²) in [7, 11) is 0. The van der Waals surface area contributed by atoms with Crippen LogP contribution < -0.4 is 0 Å². The fraction of sp³-hybridized carbons (Fsp3) is 0.200. The van der Waals surface area contributed by atoms with Gasteiger partial charge in [-0.1, -0.05) is 54.0 Å². The molecule has 1 heterocycles. The molecule has 3 aromatic rings. The number of carboxylic acid groups (broad SMARTS) is 1. The zero-order valence-corrected chi connectivity index (χ0v) is 15.7. The molecule has 0 spiro atoms. The van der Waals surface area contributed by atoms with E-state index < -0.39 is 5.97 Å². The molecular formula is C20H19BrN2O2. The van der Waals surface area contributed by atoms with Gasteiger partial charge in [0, 0.05) is 10.0 Å². The van der Waals surface area contributed by atoms with E-state index in [-0.39, 0.29) is 5.69 Å². The number of nitrogens with zero attached hydrogens (tertiary/aromatic N) is 2. The number of hydrogen-bond acceptors (Lipinski definition) is 2. The van der Waals surface area contributed by atoms with E-state index in [2.05, 4.69) is 47.0 Å². The Labute approximate surface area is 155 Å². The summed E-state index contributed by atoms with van der Waals surface area (Å²) in [4.78, 5) is 11.6. The molecule has 2 aromatic carbocycles. The Morgan fingerprint density at radius 3 is 2.32 bits per heavy atom. The number of benzene rings is 2. The van der Waals surface area contributed by atoms with Crippen molar-refractivity contribution in [3.8, 4) is 16.9 Å². The first-order valence-electron chi connectivity index (χ1n) is 8.12. The van der Waals surface area contributed by atoms with Gasteiger partial charge < -0.3 is 5.11 Å². The summed E-state index contributed by atoms with van der Waals surface area (Å²) in [6.07, 6.45) is 1.02. The Hall–Kier alpha value is -2.40. The summed E-state index contributed by atoms with van der Waals surface area (Å²) >= 11 is 3.38. The van der Waals surface area contributed by atoms with Crippen LogP contribution in [0.4, 0.5) is 0 Å². The highest BCUT2D eigenvalue weighted by atomic mass is 79.9. The highest BCUT2D eigenvalue weighted by Crippen LogP contribution is 2.24. The van der Waals surface area contributed by atoms with E-state index in [0.29, 0.717) is 17.3 Å². The first-order chi connectivity index (χ1) is 11.9. The highest BCUT2D eigenvalue weighted by molar-refractivity contribution is 9.10. The molecule has 5 heteroatoms. The van der Waals surface area contributed by atoms with Crippen LogP contribution in [0.25, 0.3) is 16.9 Å². The lowest BCUT2D eigenvalue weighted by molar-refractivity contribution is 0.0687. The third kappa shape index (κ3) is 3.99. The maximum Gasteiger partial charge on any atom is 0.354 e. The van der Waals surface area contributed by atoms with Crippen LogP contribution in [0.2, 0.25) is 0 Å². The molecule has 1 aromatic heterocycles. The Balaban J connectivity index is 1.99. The largest absolute Gasteiger partial charge is 0.477 e. The number of carboxylic acids is 1. The van der Waals surface area contributed by atoms with Crippen molar-refractivity contribution in [2.75, 3.05) is 0 Å². The van der Waals surface area contributed by atoms with E-state index in [1.807, 2.05) is 36.4 Å². The second kappa shape index (κ2) is 7.23. The number of hydrogen-bond donors (Lipinski definition) is 1. The van der Waals surface area contributed by atoms with Gasteiger partial charge in [-0.3, -0.25) is 0 Å². The van der Waals surface area contributed by atoms with Crippen molar-refractivity contribution in [1.29, 1.82) is 0 Å². The molecule has 0 saturated heterocycles. The van der Waals surface area contributed by atoms with Gasteiger partial charge in [-0.15, -0.1) is 0 Å². The summed E-state index contributed by atoms with van der Waals surface area (Å²) in [6, 6.07) is 17.2. The minimum Gasteiger partial charge on any atom is -0.477 e. The van der Waals surface area contributed by atoms with Crippen LogP contribution in [0.3, 0.4) is 0 Å². The molecule has 0 radical (unpaired) electrons. The van der Waals surface area contributed by atoms with Crippen molar-refractivity contribution >= 4 is 21.9 Å². The molecule has 0 atom stereocenters. The second-order valence-corrected chi connectivity index (χ2v) is 7.32. The lowest BCUT2D eigenvalue weighted by Crippen LogP contribution is -2.07. The van der Waals surface area contributed by atoms with Gasteiger partial charge in [0.2, 0.25) is 0 Å². The molecular weight excluding hydrogens is 380 g/mol. The fourth-order valence-electron chi connectivity index (χ4n) is 2.74. The van der Waals surface area contributed by atoms with E-state index in [4.69, 9.17) is 0 Å². The first kappa shape index (κ1) is 17.4. The number of aromatic carboxylic acids is 1. The minimum absolute atomic E-state index is 0.142. The van der Waals surface area contributed by atoms with Gasteiger partial charge in [0.25, 0.3) is 0 Å². The third-order valence-corrected chi connectivity index (χ3v) is 4.42. The van der Waals surface area contributed by atoms with Gasteiger partial charge in [0.15, 0.2) is 5.69 Å². The zero-order chi connectivity index (χ0) is 18.0. The second-order valence-electron chi connectivity index (χ2n) is 6.40. The van der Waals surface area contributed by atoms with E-state index >= 15 is 0 Å². The standard InChI is InChI=1S/C20H19BrN2O2/c1-13(2)11-14-3-5-15(6-4-14)18-12-19(20(24)25)23(22-18)17-9-7-16(21)8-10-17/h3-10,12-13H,11H2,1-2H3,(H,24,25). The molecule has 25 heavy (non-hydrogen) atoms. The molecule has 3 rings (SSSR count). The van der Waals surface area contributed by atoms with Crippen molar-refractivity contribution in [3.05, 3.63) is 70.3 Å². The maximum absolute atomic E-state index is 11.6. The van der Waals surface area contributed by atoms with E-state index in [9.17, 15) is 9.90 Å². The normalized spacial score (nSPS) is 11.0. The minimum atomic E-state index is -1.00. The predicted molar refractivity (Wildman–Crippen MR) is 102 cm³/mol. The first-order valence-corrected chi connectivity index (χ1v) is 8.92. The fourth-order valence-corrected chi connectivity index (χ4v) is 3.00. The van der Waals surface area contributed by atoms with Crippen LogP contribution >= 0.6 is 15.9 Å². The molecule has 0 aliphatic carbocycles. The summed E-state index contributed by atoms with van der Waals surface area (Å²) in [5.41, 5.74) is 3.68. The number of rotatable bonds is 5. The van der Waals surface area contributed by atoms with Crippen LogP contribution in [-0.4, -0.2) is 20.9 Å². The van der Waals surface area contributed by atoms with Gasteiger partial charge in [-0.25, -0.2) is 9.48 Å². The Morgan fingerprint density at radius 1 is 1.12 bits per heavy atom. The van der Waals surface area contributed by atoms with Crippen molar-refractivity contribution < 1.29 is 9.90 Å². The van der Waals surface area contributed by atoms with Crippen molar-refractivity contribution in [2.45, 2.75) is 20.3 Å². The molecule has 0 unspecified atom stereocenters. The average molecular weight is 399 g/mol. The Bertz CT molecular complexity index is 881. The quantitative estimate of drug-likeness (QED) is 0.642. The van der Waals surface area contributed by atoms with Crippen LogP contribution in [0.15, 0.2) is 59.1 Å². The molecule has 0 aliphatic heterocycles. The number of aromatic nitrogens is 2. The topological polar surface area (TPSA) is 55.1 Å². The summed E-state index contributed by atoms with van der Waals surface area (Å²) < 4.78 is 2.40.